The topological polar surface area (TPSA) is 87.2 Å². The largest absolute Gasteiger partial charge is 0.326 e. The van der Waals surface area contributed by atoms with E-state index >= 15 is 0 Å². The predicted octanol–water partition coefficient (Wildman–Crippen LogP) is 1.01. The first-order chi connectivity index (χ1) is 8.45. The lowest BCUT2D eigenvalue weighted by atomic mass is 10.2. The molecular weight excluding hydrogens is 286 g/mol. The van der Waals surface area contributed by atoms with E-state index < -0.39 is 10.0 Å². The SMILES string of the molecule is Cc1cc(C#N)ccc1S(=O)(=O)N1CC[C@H](N)C1.Cl. The lowest BCUT2D eigenvalue weighted by molar-refractivity contribution is 0.472. The molecule has 1 saturated heterocycles. The first-order valence-corrected chi connectivity index (χ1v) is 7.15. The van der Waals surface area contributed by atoms with Crippen molar-refractivity contribution in [2.45, 2.75) is 24.3 Å². The molecule has 5 nitrogen and oxygen atoms in total. The van der Waals surface area contributed by atoms with E-state index in [9.17, 15) is 8.42 Å². The summed E-state index contributed by atoms with van der Waals surface area (Å²) in [5, 5.41) is 8.78. The molecule has 0 bridgehead atoms. The number of rotatable bonds is 2. The molecule has 1 aliphatic rings. The Morgan fingerprint density at radius 3 is 2.63 bits per heavy atom. The van der Waals surface area contributed by atoms with E-state index in [0.29, 0.717) is 30.6 Å². The number of aryl methyl sites for hydroxylation is 1. The lowest BCUT2D eigenvalue weighted by Crippen LogP contribution is -2.32. The first kappa shape index (κ1) is 15.9. The van der Waals surface area contributed by atoms with Gasteiger partial charge >= 0.3 is 0 Å². The van der Waals surface area contributed by atoms with E-state index in [1.54, 1.807) is 13.0 Å². The van der Waals surface area contributed by atoms with Crippen LogP contribution < -0.4 is 5.73 Å². The highest BCUT2D eigenvalue weighted by atomic mass is 35.5. The number of nitrogens with two attached hydrogens (primary N) is 1. The molecule has 0 radical (unpaired) electrons. The molecular formula is C12H16ClN3O2S. The van der Waals surface area contributed by atoms with Gasteiger partial charge in [0.1, 0.15) is 0 Å². The first-order valence-electron chi connectivity index (χ1n) is 5.71. The summed E-state index contributed by atoms with van der Waals surface area (Å²) >= 11 is 0. The zero-order valence-corrected chi connectivity index (χ0v) is 12.2. The summed E-state index contributed by atoms with van der Waals surface area (Å²) in [5.41, 5.74) is 6.79. The number of nitrogens with zero attached hydrogens (tertiary/aromatic N) is 2. The Hall–Kier alpha value is -1.13. The fourth-order valence-electron chi connectivity index (χ4n) is 2.12. The summed E-state index contributed by atoms with van der Waals surface area (Å²) in [7, 11) is -3.48. The molecule has 2 N–H and O–H groups in total. The van der Waals surface area contributed by atoms with Crippen molar-refractivity contribution >= 4 is 22.4 Å². The van der Waals surface area contributed by atoms with E-state index in [1.165, 1.54) is 16.4 Å². The van der Waals surface area contributed by atoms with Crippen LogP contribution in [-0.4, -0.2) is 31.9 Å². The summed E-state index contributed by atoms with van der Waals surface area (Å²) < 4.78 is 26.2. The van der Waals surface area contributed by atoms with Gasteiger partial charge in [-0.2, -0.15) is 9.57 Å². The summed E-state index contributed by atoms with van der Waals surface area (Å²) in [6, 6.07) is 6.51. The highest BCUT2D eigenvalue weighted by molar-refractivity contribution is 7.89. The molecule has 19 heavy (non-hydrogen) atoms. The highest BCUT2D eigenvalue weighted by Gasteiger charge is 2.31. The van der Waals surface area contributed by atoms with Crippen molar-refractivity contribution in [2.75, 3.05) is 13.1 Å². The second-order valence-electron chi connectivity index (χ2n) is 4.50. The molecule has 1 heterocycles. The average molecular weight is 302 g/mol. The predicted molar refractivity (Wildman–Crippen MR) is 74.5 cm³/mol. The summed E-state index contributed by atoms with van der Waals surface area (Å²) in [6.07, 6.45) is 0.689. The van der Waals surface area contributed by atoms with Crippen molar-refractivity contribution in [2.24, 2.45) is 5.73 Å². The van der Waals surface area contributed by atoms with Crippen LogP contribution >= 0.6 is 12.4 Å². The maximum absolute atomic E-state index is 12.4. The molecule has 1 aliphatic heterocycles. The third-order valence-electron chi connectivity index (χ3n) is 3.11. The molecule has 104 valence electrons. The summed E-state index contributed by atoms with van der Waals surface area (Å²) in [5.74, 6) is 0. The molecule has 1 aromatic carbocycles. The maximum atomic E-state index is 12.4. The average Bonchev–Trinajstić information content (AvgIpc) is 2.76. The van der Waals surface area contributed by atoms with Gasteiger partial charge in [-0.05, 0) is 37.1 Å². The Labute approximate surface area is 119 Å². The van der Waals surface area contributed by atoms with Crippen LogP contribution in [0.2, 0.25) is 0 Å². The molecule has 0 amide bonds. The number of benzene rings is 1. The Morgan fingerprint density at radius 2 is 2.16 bits per heavy atom. The van der Waals surface area contributed by atoms with Crippen LogP contribution in [0.25, 0.3) is 0 Å². The number of sulfonamides is 1. The normalized spacial score (nSPS) is 19.7. The number of hydrogen-bond donors (Lipinski definition) is 1. The zero-order valence-electron chi connectivity index (χ0n) is 10.5. The van der Waals surface area contributed by atoms with Crippen molar-refractivity contribution in [3.8, 4) is 6.07 Å². The minimum atomic E-state index is -3.48. The number of hydrogen-bond acceptors (Lipinski definition) is 4. The number of halogens is 1. The molecule has 0 aromatic heterocycles. The van der Waals surface area contributed by atoms with Gasteiger partial charge in [-0.3, -0.25) is 0 Å². The van der Waals surface area contributed by atoms with Crippen molar-refractivity contribution in [1.82, 2.24) is 4.31 Å². The van der Waals surface area contributed by atoms with Crippen molar-refractivity contribution in [3.63, 3.8) is 0 Å². The maximum Gasteiger partial charge on any atom is 0.243 e. The molecule has 0 spiro atoms. The lowest BCUT2D eigenvalue weighted by Gasteiger charge is -2.17. The monoisotopic (exact) mass is 301 g/mol. The van der Waals surface area contributed by atoms with Crippen molar-refractivity contribution < 1.29 is 8.42 Å². The molecule has 1 fully saturated rings. The highest BCUT2D eigenvalue weighted by Crippen LogP contribution is 2.23. The third-order valence-corrected chi connectivity index (χ3v) is 5.13. The van der Waals surface area contributed by atoms with Gasteiger partial charge in [0.2, 0.25) is 10.0 Å². The smallest absolute Gasteiger partial charge is 0.243 e. The van der Waals surface area contributed by atoms with Crippen LogP contribution in [-0.2, 0) is 10.0 Å². The molecule has 7 heteroatoms. The van der Waals surface area contributed by atoms with E-state index in [-0.39, 0.29) is 23.3 Å². The van der Waals surface area contributed by atoms with E-state index in [1.807, 2.05) is 6.07 Å². The summed E-state index contributed by atoms with van der Waals surface area (Å²) in [4.78, 5) is 0.260. The summed E-state index contributed by atoms with van der Waals surface area (Å²) in [6.45, 7) is 2.52. The van der Waals surface area contributed by atoms with Crippen LogP contribution in [0.1, 0.15) is 17.5 Å². The Morgan fingerprint density at radius 1 is 1.47 bits per heavy atom. The molecule has 1 aromatic rings. The van der Waals surface area contributed by atoms with Crippen molar-refractivity contribution in [3.05, 3.63) is 29.3 Å². The van der Waals surface area contributed by atoms with Crippen LogP contribution in [0.15, 0.2) is 23.1 Å². The van der Waals surface area contributed by atoms with Crippen LogP contribution in [0.3, 0.4) is 0 Å². The van der Waals surface area contributed by atoms with Gasteiger partial charge in [0.15, 0.2) is 0 Å². The molecule has 0 saturated carbocycles. The zero-order chi connectivity index (χ0) is 13.3. The molecule has 0 unspecified atom stereocenters. The fourth-order valence-corrected chi connectivity index (χ4v) is 3.84. The van der Waals surface area contributed by atoms with Crippen LogP contribution in [0.4, 0.5) is 0 Å². The van der Waals surface area contributed by atoms with Gasteiger partial charge in [0, 0.05) is 19.1 Å². The van der Waals surface area contributed by atoms with Gasteiger partial charge < -0.3 is 5.73 Å². The third kappa shape index (κ3) is 3.07. The second kappa shape index (κ2) is 5.88. The number of nitriles is 1. The second-order valence-corrected chi connectivity index (χ2v) is 6.41. The van der Waals surface area contributed by atoms with Crippen LogP contribution in [0, 0.1) is 18.3 Å². The minimum Gasteiger partial charge on any atom is -0.326 e. The molecule has 0 aliphatic carbocycles. The van der Waals surface area contributed by atoms with Gasteiger partial charge in [0.05, 0.1) is 16.5 Å². The van der Waals surface area contributed by atoms with E-state index in [2.05, 4.69) is 0 Å². The van der Waals surface area contributed by atoms with E-state index in [4.69, 9.17) is 11.0 Å². The van der Waals surface area contributed by atoms with Gasteiger partial charge in [-0.15, -0.1) is 12.4 Å². The van der Waals surface area contributed by atoms with E-state index in [0.717, 1.165) is 0 Å². The Kier molecular flexibility index (Phi) is 4.93. The fraction of sp³-hybridized carbons (Fsp3) is 0.417. The quantitative estimate of drug-likeness (QED) is 0.883. The van der Waals surface area contributed by atoms with Crippen LogP contribution in [0.5, 0.6) is 0 Å². The van der Waals surface area contributed by atoms with Gasteiger partial charge in [-0.1, -0.05) is 0 Å². The van der Waals surface area contributed by atoms with Crippen molar-refractivity contribution in [1.29, 1.82) is 5.26 Å². The minimum absolute atomic E-state index is 0. The Bertz CT molecular complexity index is 610. The molecule has 2 rings (SSSR count). The molecule has 1 atom stereocenters. The van der Waals surface area contributed by atoms with Gasteiger partial charge in [0.25, 0.3) is 0 Å². The standard InChI is InChI=1S/C12H15N3O2S.ClH/c1-9-6-10(7-13)2-3-12(9)18(16,17)15-5-4-11(14)8-15;/h2-3,6,11H,4-5,8,14H2,1H3;1H/t11-;/m0./s1. The van der Waals surface area contributed by atoms with Gasteiger partial charge in [-0.25, -0.2) is 8.42 Å². The Balaban J connectivity index is 0.00000180.